The van der Waals surface area contributed by atoms with Crippen molar-refractivity contribution in [2.24, 2.45) is 0 Å². The van der Waals surface area contributed by atoms with Crippen LogP contribution < -0.4 is 0 Å². The fraction of sp³-hybridized carbons (Fsp3) is 0.500. The number of carboxylic acids is 2. The number of amides is 1. The third kappa shape index (κ3) is 10.7. The number of hydrogen-bond donors (Lipinski definition) is 2. The lowest BCUT2D eigenvalue weighted by Gasteiger charge is -2.47. The van der Waals surface area contributed by atoms with Crippen molar-refractivity contribution in [1.82, 2.24) is 14.8 Å². The van der Waals surface area contributed by atoms with Crippen LogP contribution in [0.15, 0.2) is 35.0 Å². The van der Waals surface area contributed by atoms with E-state index < -0.39 is 24.3 Å². The summed E-state index contributed by atoms with van der Waals surface area (Å²) in [5.41, 5.74) is 3.13. The molecule has 2 saturated heterocycles. The molecular formula is C24H27F6N3O6S. The van der Waals surface area contributed by atoms with Crippen molar-refractivity contribution in [1.29, 1.82) is 0 Å². The lowest BCUT2D eigenvalue weighted by molar-refractivity contribution is -0.193. The van der Waals surface area contributed by atoms with E-state index in [-0.39, 0.29) is 18.1 Å². The summed E-state index contributed by atoms with van der Waals surface area (Å²) in [6.45, 7) is 6.46. The third-order valence-corrected chi connectivity index (χ3v) is 6.60. The number of rotatable bonds is 4. The lowest BCUT2D eigenvalue weighted by Crippen LogP contribution is -2.58. The summed E-state index contributed by atoms with van der Waals surface area (Å²) < 4.78 is 69.5. The van der Waals surface area contributed by atoms with E-state index in [1.807, 2.05) is 30.0 Å². The van der Waals surface area contributed by atoms with Gasteiger partial charge in [0.25, 0.3) is 0 Å². The standard InChI is InChI=1S/C20H25N3O2S.2C2HF3O2/c1-16-3-2-4-18(21-16)12-23-15-20(25-13-19(23)24)6-8-22(9-7-20)11-17-5-10-26-14-17;2*3-2(4,5)1(6)7/h2-5,10,14H,6-9,11-13,15H2,1H3;2*(H,6,7). The molecule has 2 aliphatic heterocycles. The van der Waals surface area contributed by atoms with Crippen molar-refractivity contribution in [3.63, 3.8) is 0 Å². The average molecular weight is 600 g/mol. The second-order valence-corrected chi connectivity index (χ2v) is 9.79. The zero-order valence-electron chi connectivity index (χ0n) is 21.2. The zero-order valence-corrected chi connectivity index (χ0v) is 22.0. The molecule has 2 aromatic rings. The fourth-order valence-electron chi connectivity index (χ4n) is 3.88. The number of aryl methyl sites for hydroxylation is 1. The summed E-state index contributed by atoms with van der Waals surface area (Å²) in [7, 11) is 0. The molecular weight excluding hydrogens is 572 g/mol. The highest BCUT2D eigenvalue weighted by atomic mass is 32.1. The first-order valence-corrected chi connectivity index (χ1v) is 12.6. The van der Waals surface area contributed by atoms with Crippen LogP contribution in [0.4, 0.5) is 26.3 Å². The van der Waals surface area contributed by atoms with Crippen LogP contribution in [0.1, 0.15) is 29.8 Å². The summed E-state index contributed by atoms with van der Waals surface area (Å²) in [5, 5.41) is 18.6. The average Bonchev–Trinajstić information content (AvgIpc) is 3.36. The minimum atomic E-state index is -5.08. The van der Waals surface area contributed by atoms with Crippen LogP contribution in [0, 0.1) is 6.92 Å². The van der Waals surface area contributed by atoms with Gasteiger partial charge in [-0.25, -0.2) is 9.59 Å². The molecule has 1 amide bonds. The lowest BCUT2D eigenvalue weighted by atomic mass is 9.89. The monoisotopic (exact) mass is 599 g/mol. The molecule has 0 aromatic carbocycles. The number of ether oxygens (including phenoxy) is 1. The topological polar surface area (TPSA) is 120 Å². The summed E-state index contributed by atoms with van der Waals surface area (Å²) in [6.07, 6.45) is -8.22. The molecule has 0 radical (unpaired) electrons. The van der Waals surface area contributed by atoms with Gasteiger partial charge in [-0.05, 0) is 54.3 Å². The number of carbonyl (C=O) groups excluding carboxylic acids is 1. The Hall–Kier alpha value is -3.24. The minimum absolute atomic E-state index is 0.0691. The SMILES string of the molecule is Cc1cccc(CN2CC3(CCN(Cc4ccsc4)CC3)OCC2=O)n1.O=C(O)C(F)(F)F.O=C(O)C(F)(F)F. The van der Waals surface area contributed by atoms with Gasteiger partial charge in [-0.1, -0.05) is 6.07 Å². The Kier molecular flexibility index (Phi) is 11.5. The van der Waals surface area contributed by atoms with E-state index in [0.717, 1.165) is 43.9 Å². The third-order valence-electron chi connectivity index (χ3n) is 5.87. The normalized spacial score (nSPS) is 17.4. The van der Waals surface area contributed by atoms with E-state index in [2.05, 4.69) is 26.7 Å². The number of halogens is 6. The number of morpholine rings is 1. The van der Waals surface area contributed by atoms with Crippen LogP contribution in [0.5, 0.6) is 0 Å². The quantitative estimate of drug-likeness (QED) is 0.504. The second-order valence-electron chi connectivity index (χ2n) is 9.01. The van der Waals surface area contributed by atoms with Crippen LogP contribution in [0.25, 0.3) is 0 Å². The van der Waals surface area contributed by atoms with E-state index in [4.69, 9.17) is 24.5 Å². The molecule has 4 rings (SSSR count). The number of nitrogens with zero attached hydrogens (tertiary/aromatic N) is 3. The number of piperidine rings is 1. The van der Waals surface area contributed by atoms with Crippen molar-refractivity contribution in [2.75, 3.05) is 26.2 Å². The van der Waals surface area contributed by atoms with Crippen LogP contribution in [0.2, 0.25) is 0 Å². The first-order valence-electron chi connectivity index (χ1n) is 11.7. The molecule has 0 atom stereocenters. The van der Waals surface area contributed by atoms with Gasteiger partial charge in [0.15, 0.2) is 0 Å². The molecule has 222 valence electrons. The predicted molar refractivity (Wildman–Crippen MR) is 129 cm³/mol. The van der Waals surface area contributed by atoms with Crippen LogP contribution in [-0.4, -0.2) is 87.0 Å². The fourth-order valence-corrected chi connectivity index (χ4v) is 4.54. The van der Waals surface area contributed by atoms with Gasteiger partial charge >= 0.3 is 24.3 Å². The highest BCUT2D eigenvalue weighted by Crippen LogP contribution is 2.31. The number of aliphatic carboxylic acids is 2. The number of likely N-dealkylation sites (tertiary alicyclic amines) is 1. The van der Waals surface area contributed by atoms with Crippen molar-refractivity contribution in [2.45, 2.75) is 50.8 Å². The minimum Gasteiger partial charge on any atom is -0.475 e. The molecule has 4 heterocycles. The van der Waals surface area contributed by atoms with Crippen LogP contribution >= 0.6 is 11.3 Å². The van der Waals surface area contributed by atoms with Gasteiger partial charge in [0, 0.05) is 25.3 Å². The Bertz CT molecular complexity index is 1110. The van der Waals surface area contributed by atoms with Gasteiger partial charge in [0.05, 0.1) is 24.4 Å². The van der Waals surface area contributed by atoms with Gasteiger partial charge in [-0.15, -0.1) is 0 Å². The molecule has 2 fully saturated rings. The number of aromatic nitrogens is 1. The Labute approximate surface area is 229 Å². The molecule has 0 bridgehead atoms. The predicted octanol–water partition coefficient (Wildman–Crippen LogP) is 4.11. The molecule has 0 saturated carbocycles. The number of pyridine rings is 1. The van der Waals surface area contributed by atoms with Crippen LogP contribution in [0.3, 0.4) is 0 Å². The van der Waals surface area contributed by atoms with Gasteiger partial charge in [0.2, 0.25) is 5.91 Å². The summed E-state index contributed by atoms with van der Waals surface area (Å²) in [5.74, 6) is -5.44. The number of carbonyl (C=O) groups is 3. The number of alkyl halides is 6. The molecule has 1 spiro atoms. The molecule has 2 aromatic heterocycles. The first-order chi connectivity index (χ1) is 18.5. The first kappa shape index (κ1) is 33.0. The molecule has 40 heavy (non-hydrogen) atoms. The maximum Gasteiger partial charge on any atom is 0.490 e. The number of hydrogen-bond acceptors (Lipinski definition) is 7. The van der Waals surface area contributed by atoms with Crippen molar-refractivity contribution in [3.05, 3.63) is 52.0 Å². The molecule has 16 heteroatoms. The number of thiophene rings is 1. The highest BCUT2D eigenvalue weighted by molar-refractivity contribution is 7.07. The smallest absolute Gasteiger partial charge is 0.475 e. The largest absolute Gasteiger partial charge is 0.490 e. The second kappa shape index (κ2) is 13.9. The molecule has 9 nitrogen and oxygen atoms in total. The molecule has 2 N–H and O–H groups in total. The van der Waals surface area contributed by atoms with Gasteiger partial charge in [0.1, 0.15) is 6.61 Å². The van der Waals surface area contributed by atoms with Crippen LogP contribution in [-0.2, 0) is 32.2 Å². The summed E-state index contributed by atoms with van der Waals surface area (Å²) in [4.78, 5) is 39.1. The van der Waals surface area contributed by atoms with E-state index in [0.29, 0.717) is 13.1 Å². The van der Waals surface area contributed by atoms with Crippen molar-refractivity contribution < 1.29 is 55.7 Å². The van der Waals surface area contributed by atoms with E-state index in [9.17, 15) is 31.1 Å². The van der Waals surface area contributed by atoms with E-state index in [1.54, 1.807) is 11.3 Å². The Balaban J connectivity index is 0.000000333. The van der Waals surface area contributed by atoms with Gasteiger partial charge in [-0.2, -0.15) is 37.7 Å². The summed E-state index contributed by atoms with van der Waals surface area (Å²) >= 11 is 1.75. The van der Waals surface area contributed by atoms with Gasteiger partial charge < -0.3 is 19.8 Å². The molecule has 0 aliphatic carbocycles. The van der Waals surface area contributed by atoms with Crippen molar-refractivity contribution in [3.8, 4) is 0 Å². The highest BCUT2D eigenvalue weighted by Gasteiger charge is 2.42. The van der Waals surface area contributed by atoms with E-state index >= 15 is 0 Å². The maximum atomic E-state index is 12.3. The number of carboxylic acid groups (broad SMARTS) is 2. The molecule has 2 aliphatic rings. The van der Waals surface area contributed by atoms with E-state index in [1.165, 1.54) is 5.56 Å². The van der Waals surface area contributed by atoms with Gasteiger partial charge in [-0.3, -0.25) is 14.7 Å². The Morgan fingerprint density at radius 2 is 1.60 bits per heavy atom. The maximum absolute atomic E-state index is 12.3. The van der Waals surface area contributed by atoms with Crippen molar-refractivity contribution >= 4 is 29.2 Å². The summed E-state index contributed by atoms with van der Waals surface area (Å²) in [6, 6.07) is 8.17. The molecule has 0 unspecified atom stereocenters. The zero-order chi connectivity index (χ0) is 30.1. The Morgan fingerprint density at radius 1 is 1.02 bits per heavy atom. The Morgan fingerprint density at radius 3 is 2.08 bits per heavy atom.